The van der Waals surface area contributed by atoms with E-state index in [4.69, 9.17) is 15.4 Å². The lowest BCUT2D eigenvalue weighted by Gasteiger charge is -2.06. The van der Waals surface area contributed by atoms with Crippen LogP contribution < -0.4 is 4.74 Å². The fraction of sp³-hybridized carbons (Fsp3) is 0.625. The molecule has 1 aromatic rings. The lowest BCUT2D eigenvalue weighted by Crippen LogP contribution is -2.06. The zero-order valence-electron chi connectivity index (χ0n) is 8.65. The largest absolute Gasteiger partial charge is 0.479 e. The minimum Gasteiger partial charge on any atom is -0.479 e. The lowest BCUT2D eigenvalue weighted by atomic mass is 10.5. The van der Waals surface area contributed by atoms with Crippen LogP contribution >= 0.6 is 22.0 Å². The van der Waals surface area contributed by atoms with Crippen LogP contribution in [-0.4, -0.2) is 19.5 Å². The average molecular weight is 270 g/mol. The van der Waals surface area contributed by atoms with E-state index in [0.717, 1.165) is 0 Å². The van der Waals surface area contributed by atoms with E-state index < -0.39 is 9.05 Å². The highest BCUT2D eigenvalue weighted by Crippen LogP contribution is 2.33. The summed E-state index contributed by atoms with van der Waals surface area (Å²) in [6.07, 6.45) is 0.554. The van der Waals surface area contributed by atoms with E-state index in [0.29, 0.717) is 11.4 Å². The Kier molecular flexibility index (Phi) is 3.97. The minimum absolute atomic E-state index is 0.104. The molecule has 1 aromatic heterocycles. The summed E-state index contributed by atoms with van der Waals surface area (Å²) in [7, 11) is 1.43. The highest BCUT2D eigenvalue weighted by Gasteiger charge is 2.23. The van der Waals surface area contributed by atoms with Crippen LogP contribution in [0.1, 0.15) is 25.8 Å². The smallest absolute Gasteiger partial charge is 0.283 e. The SMILES string of the molecule is CCc1nc(S(=O)(=O)Cl)c(OC(C)C)s1. The first kappa shape index (κ1) is 12.7. The van der Waals surface area contributed by atoms with Crippen molar-refractivity contribution in [1.29, 1.82) is 0 Å². The number of aryl methyl sites for hydroxylation is 1. The number of ether oxygens (including phenoxy) is 1. The van der Waals surface area contributed by atoms with Crippen LogP contribution in [0.25, 0.3) is 0 Å². The van der Waals surface area contributed by atoms with Crippen molar-refractivity contribution in [2.75, 3.05) is 0 Å². The topological polar surface area (TPSA) is 56.3 Å². The lowest BCUT2D eigenvalue weighted by molar-refractivity contribution is 0.243. The first-order valence-corrected chi connectivity index (χ1v) is 7.58. The van der Waals surface area contributed by atoms with Gasteiger partial charge in [0.05, 0.1) is 11.1 Å². The molecule has 86 valence electrons. The van der Waals surface area contributed by atoms with E-state index in [1.54, 1.807) is 0 Å². The quantitative estimate of drug-likeness (QED) is 0.788. The van der Waals surface area contributed by atoms with E-state index in [1.807, 2.05) is 20.8 Å². The molecule has 4 nitrogen and oxygen atoms in total. The highest BCUT2D eigenvalue weighted by atomic mass is 35.7. The molecule has 1 rings (SSSR count). The van der Waals surface area contributed by atoms with Gasteiger partial charge in [-0.15, -0.1) is 0 Å². The third-order valence-electron chi connectivity index (χ3n) is 1.49. The maximum Gasteiger partial charge on any atom is 0.283 e. The summed E-state index contributed by atoms with van der Waals surface area (Å²) in [5, 5.41) is 0.807. The van der Waals surface area contributed by atoms with Crippen molar-refractivity contribution >= 4 is 31.1 Å². The molecule has 0 radical (unpaired) electrons. The highest BCUT2D eigenvalue weighted by molar-refractivity contribution is 8.13. The Bertz CT molecular complexity index is 439. The summed E-state index contributed by atoms with van der Waals surface area (Å²) in [4.78, 5) is 3.93. The van der Waals surface area contributed by atoms with E-state index in [-0.39, 0.29) is 16.2 Å². The Morgan fingerprint density at radius 1 is 1.53 bits per heavy atom. The molecule has 0 spiro atoms. The van der Waals surface area contributed by atoms with Gasteiger partial charge >= 0.3 is 0 Å². The third-order valence-corrected chi connectivity index (χ3v) is 3.88. The summed E-state index contributed by atoms with van der Waals surface area (Å²) in [5.74, 6) is 0. The predicted molar refractivity (Wildman–Crippen MR) is 60.3 cm³/mol. The maximum atomic E-state index is 11.2. The van der Waals surface area contributed by atoms with Gasteiger partial charge in [-0.1, -0.05) is 18.3 Å². The molecule has 7 heteroatoms. The number of nitrogens with zero attached hydrogens (tertiary/aromatic N) is 1. The standard InChI is InChI=1S/C8H12ClNO3S2/c1-4-6-10-7(15(9,11)12)8(14-6)13-5(2)3/h5H,4H2,1-3H3. The Hall–Kier alpha value is -0.330. The summed E-state index contributed by atoms with van der Waals surface area (Å²) in [5.41, 5.74) is 0. The van der Waals surface area contributed by atoms with Gasteiger partial charge < -0.3 is 4.74 Å². The van der Waals surface area contributed by atoms with Crippen molar-refractivity contribution in [2.45, 2.75) is 38.3 Å². The number of thiazole rings is 1. The summed E-state index contributed by atoms with van der Waals surface area (Å²) in [6, 6.07) is 0. The van der Waals surface area contributed by atoms with E-state index >= 15 is 0 Å². The Morgan fingerprint density at radius 3 is 2.53 bits per heavy atom. The zero-order chi connectivity index (χ0) is 11.6. The van der Waals surface area contributed by atoms with Gasteiger partial charge in [-0.3, -0.25) is 0 Å². The van der Waals surface area contributed by atoms with Gasteiger partial charge in [0.2, 0.25) is 10.1 Å². The van der Waals surface area contributed by atoms with Gasteiger partial charge in [0, 0.05) is 10.7 Å². The van der Waals surface area contributed by atoms with Crippen LogP contribution in [0.4, 0.5) is 0 Å². The number of aromatic nitrogens is 1. The van der Waals surface area contributed by atoms with Gasteiger partial charge in [0.25, 0.3) is 9.05 Å². The minimum atomic E-state index is -3.82. The van der Waals surface area contributed by atoms with Gasteiger partial charge in [-0.05, 0) is 20.3 Å². The van der Waals surface area contributed by atoms with Gasteiger partial charge in [-0.25, -0.2) is 13.4 Å². The molecule has 0 bridgehead atoms. The normalized spacial score (nSPS) is 12.1. The molecule has 0 aliphatic carbocycles. The van der Waals surface area contributed by atoms with E-state index in [9.17, 15) is 8.42 Å². The zero-order valence-corrected chi connectivity index (χ0v) is 11.0. The fourth-order valence-corrected chi connectivity index (χ4v) is 3.22. The molecular formula is C8H12ClNO3S2. The second-order valence-corrected chi connectivity index (χ2v) is 6.69. The first-order valence-electron chi connectivity index (χ1n) is 4.45. The number of rotatable bonds is 4. The fourth-order valence-electron chi connectivity index (χ4n) is 0.926. The maximum absolute atomic E-state index is 11.2. The number of hydrogen-bond acceptors (Lipinski definition) is 5. The van der Waals surface area contributed by atoms with Crippen LogP contribution in [-0.2, 0) is 15.5 Å². The molecule has 0 aromatic carbocycles. The molecule has 1 heterocycles. The second kappa shape index (κ2) is 4.67. The van der Waals surface area contributed by atoms with Gasteiger partial charge in [0.1, 0.15) is 0 Å². The first-order chi connectivity index (χ1) is 6.84. The van der Waals surface area contributed by atoms with Gasteiger partial charge in [0.15, 0.2) is 0 Å². The molecular weight excluding hydrogens is 258 g/mol. The third kappa shape index (κ3) is 3.32. The number of halogens is 1. The Labute approximate surface area is 97.7 Å². The Morgan fingerprint density at radius 2 is 2.13 bits per heavy atom. The summed E-state index contributed by atoms with van der Waals surface area (Å²) >= 11 is 1.22. The van der Waals surface area contributed by atoms with Crippen LogP contribution in [0.3, 0.4) is 0 Å². The van der Waals surface area contributed by atoms with Crippen LogP contribution in [0.15, 0.2) is 5.03 Å². The molecule has 0 saturated heterocycles. The van der Waals surface area contributed by atoms with E-state index in [1.165, 1.54) is 11.3 Å². The van der Waals surface area contributed by atoms with E-state index in [2.05, 4.69) is 4.98 Å². The van der Waals surface area contributed by atoms with Crippen molar-refractivity contribution < 1.29 is 13.2 Å². The molecule has 0 atom stereocenters. The van der Waals surface area contributed by atoms with Crippen molar-refractivity contribution in [3.05, 3.63) is 5.01 Å². The van der Waals surface area contributed by atoms with Crippen molar-refractivity contribution in [3.8, 4) is 5.06 Å². The predicted octanol–water partition coefficient (Wildman–Crippen LogP) is 2.42. The Balaban J connectivity index is 3.18. The van der Waals surface area contributed by atoms with Crippen molar-refractivity contribution in [3.63, 3.8) is 0 Å². The molecule has 0 saturated carbocycles. The summed E-state index contributed by atoms with van der Waals surface area (Å²) in [6.45, 7) is 5.52. The molecule has 0 amide bonds. The number of hydrogen-bond donors (Lipinski definition) is 0. The van der Waals surface area contributed by atoms with Crippen molar-refractivity contribution in [2.24, 2.45) is 0 Å². The molecule has 0 fully saturated rings. The molecule has 0 aliphatic rings. The second-order valence-electron chi connectivity index (χ2n) is 3.16. The monoisotopic (exact) mass is 269 g/mol. The van der Waals surface area contributed by atoms with Crippen LogP contribution in [0, 0.1) is 0 Å². The molecule has 0 aliphatic heterocycles. The van der Waals surface area contributed by atoms with Crippen molar-refractivity contribution in [1.82, 2.24) is 4.98 Å². The average Bonchev–Trinajstić information content (AvgIpc) is 2.45. The van der Waals surface area contributed by atoms with Crippen LogP contribution in [0.2, 0.25) is 0 Å². The molecule has 0 unspecified atom stereocenters. The van der Waals surface area contributed by atoms with Gasteiger partial charge in [-0.2, -0.15) is 0 Å². The molecule has 0 N–H and O–H groups in total. The molecule has 15 heavy (non-hydrogen) atoms. The van der Waals surface area contributed by atoms with Crippen LogP contribution in [0.5, 0.6) is 5.06 Å². The summed E-state index contributed by atoms with van der Waals surface area (Å²) < 4.78 is 27.7.